The molecule has 4 rings (SSSR count). The molecule has 0 aliphatic heterocycles. The van der Waals surface area contributed by atoms with E-state index in [-0.39, 0.29) is 18.2 Å². The van der Waals surface area contributed by atoms with Crippen LogP contribution in [0.15, 0.2) is 36.7 Å². The molecule has 2 aromatic carbocycles. The summed E-state index contributed by atoms with van der Waals surface area (Å²) in [5.41, 5.74) is 3.27. The van der Waals surface area contributed by atoms with Gasteiger partial charge in [-0.05, 0) is 24.3 Å². The number of halogens is 2. The van der Waals surface area contributed by atoms with Crippen molar-refractivity contribution in [1.82, 2.24) is 14.5 Å². The van der Waals surface area contributed by atoms with Gasteiger partial charge in [-0.3, -0.25) is 0 Å². The number of fused-ring (bicyclic) bond motifs is 3. The Morgan fingerprint density at radius 1 is 1.21 bits per heavy atom. The predicted octanol–water partition coefficient (Wildman–Crippen LogP) is 4.50. The van der Waals surface area contributed by atoms with Gasteiger partial charge in [0.2, 0.25) is 0 Å². The lowest BCUT2D eigenvalue weighted by Gasteiger charge is -2.08. The fourth-order valence-corrected chi connectivity index (χ4v) is 3.42. The predicted molar refractivity (Wildman–Crippen MR) is 97.4 cm³/mol. The molecule has 0 spiro atoms. The molecule has 2 aromatic heterocycles. The third-order valence-electron chi connectivity index (χ3n) is 3.66. The Balaban J connectivity index is 0.00000169. The van der Waals surface area contributed by atoms with Crippen LogP contribution in [0.1, 0.15) is 0 Å². The zero-order valence-corrected chi connectivity index (χ0v) is 14.5. The van der Waals surface area contributed by atoms with Crippen LogP contribution in [0.5, 0.6) is 5.75 Å². The maximum atomic E-state index is 13.5. The Morgan fingerprint density at radius 2 is 2.04 bits per heavy atom. The summed E-state index contributed by atoms with van der Waals surface area (Å²) in [6.45, 7) is 0. The second kappa shape index (κ2) is 6.26. The lowest BCUT2D eigenvalue weighted by molar-refractivity contribution is 0.416. The van der Waals surface area contributed by atoms with E-state index in [0.29, 0.717) is 16.6 Å². The van der Waals surface area contributed by atoms with Crippen LogP contribution in [-0.4, -0.2) is 21.6 Å². The molecule has 1 N–H and O–H groups in total. The molecule has 0 fully saturated rings. The van der Waals surface area contributed by atoms with Crippen molar-refractivity contribution in [3.8, 4) is 5.75 Å². The van der Waals surface area contributed by atoms with E-state index in [4.69, 9.17) is 4.74 Å². The highest BCUT2D eigenvalue weighted by molar-refractivity contribution is 7.22. The molecule has 8 heteroatoms. The van der Waals surface area contributed by atoms with Gasteiger partial charge in [0.25, 0.3) is 0 Å². The molecule has 0 saturated heterocycles. The maximum Gasteiger partial charge on any atom is 0.188 e. The number of nitrogens with one attached hydrogen (secondary N) is 1. The van der Waals surface area contributed by atoms with E-state index in [2.05, 4.69) is 15.3 Å². The Kier molecular flexibility index (Phi) is 4.29. The molecule has 0 radical (unpaired) electrons. The minimum Gasteiger partial charge on any atom is -0.495 e. The number of rotatable bonds is 3. The highest BCUT2D eigenvalue weighted by atomic mass is 35.5. The van der Waals surface area contributed by atoms with Gasteiger partial charge >= 0.3 is 0 Å². The van der Waals surface area contributed by atoms with E-state index in [1.54, 1.807) is 19.5 Å². The molecule has 2 heterocycles. The molecule has 0 aliphatic rings. The summed E-state index contributed by atoms with van der Waals surface area (Å²) in [6.07, 6.45) is 1.77. The highest BCUT2D eigenvalue weighted by Crippen LogP contribution is 2.34. The quantitative estimate of drug-likeness (QED) is 0.581. The van der Waals surface area contributed by atoms with Crippen molar-refractivity contribution >= 4 is 55.8 Å². The van der Waals surface area contributed by atoms with E-state index in [1.807, 2.05) is 23.7 Å². The molecule has 0 atom stereocenters. The van der Waals surface area contributed by atoms with Gasteiger partial charge in [-0.25, -0.2) is 14.4 Å². The molecular weight excluding hydrogens is 351 g/mol. The number of hydrogen-bond donors (Lipinski definition) is 1. The van der Waals surface area contributed by atoms with Gasteiger partial charge in [-0.2, -0.15) is 0 Å². The van der Waals surface area contributed by atoms with Crippen LogP contribution in [0.2, 0.25) is 0 Å². The van der Waals surface area contributed by atoms with E-state index < -0.39 is 0 Å². The smallest absolute Gasteiger partial charge is 0.188 e. The Morgan fingerprint density at radius 3 is 2.83 bits per heavy atom. The average molecular weight is 365 g/mol. The molecule has 0 amide bonds. The monoisotopic (exact) mass is 364 g/mol. The van der Waals surface area contributed by atoms with Gasteiger partial charge < -0.3 is 14.6 Å². The number of thiazole rings is 1. The Bertz CT molecular complexity index is 1030. The third kappa shape index (κ3) is 2.65. The first kappa shape index (κ1) is 16.5. The van der Waals surface area contributed by atoms with Gasteiger partial charge in [0.1, 0.15) is 22.6 Å². The first-order chi connectivity index (χ1) is 11.2. The number of methoxy groups -OCH3 is 1. The third-order valence-corrected chi connectivity index (χ3v) is 4.59. The van der Waals surface area contributed by atoms with Crippen molar-refractivity contribution in [3.05, 3.63) is 42.5 Å². The van der Waals surface area contributed by atoms with Gasteiger partial charge in [0.15, 0.2) is 5.13 Å². The van der Waals surface area contributed by atoms with Crippen LogP contribution < -0.4 is 10.1 Å². The number of hydrogen-bond acceptors (Lipinski definition) is 5. The van der Waals surface area contributed by atoms with E-state index in [0.717, 1.165) is 21.3 Å². The molecule has 0 saturated carbocycles. The average Bonchev–Trinajstić information content (AvgIpc) is 3.11. The first-order valence-corrected chi connectivity index (χ1v) is 7.78. The van der Waals surface area contributed by atoms with Gasteiger partial charge in [0, 0.05) is 13.1 Å². The molecule has 0 unspecified atom stereocenters. The van der Waals surface area contributed by atoms with Crippen molar-refractivity contribution in [2.24, 2.45) is 7.05 Å². The summed E-state index contributed by atoms with van der Waals surface area (Å²) < 4.78 is 21.7. The fraction of sp³-hybridized carbons (Fsp3) is 0.125. The van der Waals surface area contributed by atoms with Crippen molar-refractivity contribution in [1.29, 1.82) is 0 Å². The molecule has 24 heavy (non-hydrogen) atoms. The van der Waals surface area contributed by atoms with Crippen molar-refractivity contribution in [3.63, 3.8) is 0 Å². The van der Waals surface area contributed by atoms with E-state index in [1.165, 1.54) is 23.5 Å². The summed E-state index contributed by atoms with van der Waals surface area (Å²) in [4.78, 5) is 9.02. The Labute approximate surface area is 147 Å². The van der Waals surface area contributed by atoms with Crippen LogP contribution in [-0.2, 0) is 7.05 Å². The zero-order chi connectivity index (χ0) is 16.0. The van der Waals surface area contributed by atoms with Crippen LogP contribution >= 0.6 is 23.7 Å². The fourth-order valence-electron chi connectivity index (χ4n) is 2.53. The van der Waals surface area contributed by atoms with E-state index in [9.17, 15) is 4.39 Å². The topological polar surface area (TPSA) is 52.0 Å². The summed E-state index contributed by atoms with van der Waals surface area (Å²) in [7, 11) is 3.50. The molecule has 0 aliphatic carbocycles. The molecular formula is C16H14ClFN4OS. The van der Waals surface area contributed by atoms with Gasteiger partial charge in [-0.15, -0.1) is 12.4 Å². The summed E-state index contributed by atoms with van der Waals surface area (Å²) in [5.74, 6) is 0.232. The standard InChI is InChI=1S/C16H13FN4OS.ClH/c1-21-8-18-14-11(21)4-6-13-15(14)20-16(23-13)19-10-7-9(17)3-5-12(10)22-2;/h3-8H,1-2H3,(H,19,20);1H. The lowest BCUT2D eigenvalue weighted by Crippen LogP contribution is -1.94. The Hall–Kier alpha value is -2.38. The maximum absolute atomic E-state index is 13.5. The van der Waals surface area contributed by atoms with E-state index >= 15 is 0 Å². The first-order valence-electron chi connectivity index (χ1n) is 6.97. The minimum absolute atomic E-state index is 0. The number of benzene rings is 2. The highest BCUT2D eigenvalue weighted by Gasteiger charge is 2.12. The second-order valence-electron chi connectivity index (χ2n) is 5.12. The van der Waals surface area contributed by atoms with Crippen LogP contribution in [0.25, 0.3) is 21.3 Å². The second-order valence-corrected chi connectivity index (χ2v) is 6.15. The van der Waals surface area contributed by atoms with Crippen molar-refractivity contribution in [2.45, 2.75) is 0 Å². The molecule has 4 aromatic rings. The van der Waals surface area contributed by atoms with Crippen LogP contribution in [0.3, 0.4) is 0 Å². The number of ether oxygens (including phenoxy) is 1. The number of aryl methyl sites for hydroxylation is 1. The SMILES string of the molecule is COc1ccc(F)cc1Nc1nc2c(ccc3c2ncn3C)s1.Cl. The summed E-state index contributed by atoms with van der Waals surface area (Å²) in [6, 6.07) is 8.38. The van der Waals surface area contributed by atoms with Gasteiger partial charge in [0.05, 0.1) is 29.3 Å². The summed E-state index contributed by atoms with van der Waals surface area (Å²) >= 11 is 1.49. The number of anilines is 2. The number of nitrogens with zero attached hydrogens (tertiary/aromatic N) is 3. The largest absolute Gasteiger partial charge is 0.495 e. The normalized spacial score (nSPS) is 10.8. The summed E-state index contributed by atoms with van der Waals surface area (Å²) in [5, 5.41) is 3.80. The molecule has 5 nitrogen and oxygen atoms in total. The molecule has 0 bridgehead atoms. The van der Waals surface area contributed by atoms with Crippen LogP contribution in [0.4, 0.5) is 15.2 Å². The van der Waals surface area contributed by atoms with Crippen molar-refractivity contribution < 1.29 is 9.13 Å². The number of imidazole rings is 1. The minimum atomic E-state index is -0.332. The lowest BCUT2D eigenvalue weighted by atomic mass is 10.3. The number of aromatic nitrogens is 3. The van der Waals surface area contributed by atoms with Crippen molar-refractivity contribution in [2.75, 3.05) is 12.4 Å². The van der Waals surface area contributed by atoms with Gasteiger partial charge in [-0.1, -0.05) is 11.3 Å². The molecule has 124 valence electrons. The van der Waals surface area contributed by atoms with Crippen LogP contribution in [0, 0.1) is 5.82 Å². The zero-order valence-electron chi connectivity index (χ0n) is 12.9.